The van der Waals surface area contributed by atoms with Crippen LogP contribution in [0.5, 0.6) is 0 Å². The number of allylic oxidation sites excluding steroid dienone is 1. The topological polar surface area (TPSA) is 236 Å². The van der Waals surface area contributed by atoms with Crippen LogP contribution in [0.25, 0.3) is 0 Å². The van der Waals surface area contributed by atoms with Gasteiger partial charge in [-0.3, -0.25) is 0 Å². The van der Waals surface area contributed by atoms with Gasteiger partial charge in [0.05, 0.1) is 31.5 Å². The number of rotatable bonds is 18. The third-order valence-corrected chi connectivity index (χ3v) is 9.27. The number of aliphatic hydroxyl groups excluding tert-OH is 8. The molecule has 3 heterocycles. The van der Waals surface area contributed by atoms with E-state index in [4.69, 9.17) is 37.9 Å². The average Bonchev–Trinajstić information content (AvgIpc) is 3.07. The number of unbranched alkanes of at least 4 members (excludes halogenated alkanes) is 2. The normalized spacial score (nSPS) is 41.6. The fraction of sp³-hybridized carbons (Fsp3) is 0.938. The van der Waals surface area contributed by atoms with Gasteiger partial charge in [-0.1, -0.05) is 13.0 Å². The summed E-state index contributed by atoms with van der Waals surface area (Å²) in [6.07, 6.45) is -16.6. The Morgan fingerprint density at radius 1 is 0.729 bits per heavy atom. The zero-order chi connectivity index (χ0) is 35.8. The predicted octanol–water partition coefficient (Wildman–Crippen LogP) is -1.89. The van der Waals surface area contributed by atoms with Gasteiger partial charge in [0.15, 0.2) is 12.6 Å². The first-order valence-electron chi connectivity index (χ1n) is 16.7. The van der Waals surface area contributed by atoms with Crippen molar-refractivity contribution in [2.45, 2.75) is 157 Å². The lowest BCUT2D eigenvalue weighted by molar-refractivity contribution is -0.381. The molecule has 3 saturated heterocycles. The van der Waals surface area contributed by atoms with E-state index in [0.29, 0.717) is 13.0 Å². The van der Waals surface area contributed by atoms with Gasteiger partial charge >= 0.3 is 0 Å². The molecule has 0 aromatic rings. The molecule has 0 spiro atoms. The number of methoxy groups -OCH3 is 1. The first-order chi connectivity index (χ1) is 22.8. The second-order valence-electron chi connectivity index (χ2n) is 13.1. The van der Waals surface area contributed by atoms with Gasteiger partial charge in [0.25, 0.3) is 0 Å². The van der Waals surface area contributed by atoms with Crippen molar-refractivity contribution < 1.29 is 78.7 Å². The minimum atomic E-state index is -1.72. The summed E-state index contributed by atoms with van der Waals surface area (Å²) in [5.74, 6) is 0. The van der Waals surface area contributed by atoms with E-state index in [1.54, 1.807) is 20.8 Å². The average molecular weight is 699 g/mol. The zero-order valence-electron chi connectivity index (χ0n) is 28.5. The maximum absolute atomic E-state index is 11.6. The maximum atomic E-state index is 11.6. The molecule has 0 amide bonds. The van der Waals surface area contributed by atoms with Gasteiger partial charge in [-0.15, -0.1) is 6.58 Å². The number of aliphatic hydroxyl groups is 8. The molecule has 10 unspecified atom stereocenters. The molecular formula is C32H58O16. The molecule has 3 aliphatic rings. The molecule has 3 fully saturated rings. The third-order valence-electron chi connectivity index (χ3n) is 9.27. The van der Waals surface area contributed by atoms with Crippen molar-refractivity contribution in [1.82, 2.24) is 0 Å². The lowest BCUT2D eigenvalue weighted by atomic mass is 9.86. The van der Waals surface area contributed by atoms with Gasteiger partial charge in [0, 0.05) is 13.7 Å². The Kier molecular flexibility index (Phi) is 16.5. The predicted molar refractivity (Wildman–Crippen MR) is 167 cm³/mol. The summed E-state index contributed by atoms with van der Waals surface area (Å²) in [5.41, 5.74) is -1.10. The zero-order valence-corrected chi connectivity index (χ0v) is 28.5. The van der Waals surface area contributed by atoms with Gasteiger partial charge in [0.2, 0.25) is 0 Å². The molecule has 0 radical (unpaired) electrons. The van der Waals surface area contributed by atoms with Crippen LogP contribution in [0.4, 0.5) is 0 Å². The third kappa shape index (κ3) is 9.70. The van der Waals surface area contributed by atoms with Crippen LogP contribution in [-0.2, 0) is 37.9 Å². The minimum Gasteiger partial charge on any atom is -0.394 e. The number of hydrogen-bond donors (Lipinski definition) is 8. The van der Waals surface area contributed by atoms with Crippen molar-refractivity contribution in [3.63, 3.8) is 0 Å². The van der Waals surface area contributed by atoms with E-state index in [-0.39, 0.29) is 0 Å². The Balaban J connectivity index is 1.87. The molecule has 3 rings (SSSR count). The van der Waals surface area contributed by atoms with E-state index in [9.17, 15) is 40.9 Å². The number of hydrogen-bond acceptors (Lipinski definition) is 16. The molecule has 282 valence electrons. The van der Waals surface area contributed by atoms with Crippen molar-refractivity contribution in [1.29, 1.82) is 0 Å². The Labute approximate surface area is 282 Å². The summed E-state index contributed by atoms with van der Waals surface area (Å²) in [6.45, 7) is 9.13. The smallest absolute Gasteiger partial charge is 0.187 e. The molecule has 0 saturated carbocycles. The van der Waals surface area contributed by atoms with E-state index in [1.807, 2.05) is 13.0 Å². The summed E-state index contributed by atoms with van der Waals surface area (Å²) in [7, 11) is 1.30. The van der Waals surface area contributed by atoms with Crippen LogP contribution >= 0.6 is 0 Å². The first-order valence-corrected chi connectivity index (χ1v) is 16.7. The van der Waals surface area contributed by atoms with Gasteiger partial charge in [-0.05, 0) is 46.5 Å². The summed E-state index contributed by atoms with van der Waals surface area (Å²) in [5, 5.41) is 85.6. The maximum Gasteiger partial charge on any atom is 0.187 e. The molecule has 0 bridgehead atoms. The van der Waals surface area contributed by atoms with Crippen LogP contribution < -0.4 is 0 Å². The summed E-state index contributed by atoms with van der Waals surface area (Å²) in [6, 6.07) is 0. The van der Waals surface area contributed by atoms with Crippen molar-refractivity contribution in [2.75, 3.05) is 33.5 Å². The van der Waals surface area contributed by atoms with E-state index in [2.05, 4.69) is 6.58 Å². The summed E-state index contributed by atoms with van der Waals surface area (Å²) >= 11 is 0. The lowest BCUT2D eigenvalue weighted by Crippen LogP contribution is -2.68. The molecule has 48 heavy (non-hydrogen) atoms. The van der Waals surface area contributed by atoms with E-state index in [1.165, 1.54) is 7.11 Å². The second-order valence-corrected chi connectivity index (χ2v) is 13.1. The fourth-order valence-electron chi connectivity index (χ4n) is 6.21. The molecule has 3 aliphatic heterocycles. The van der Waals surface area contributed by atoms with E-state index < -0.39 is 123 Å². The fourth-order valence-corrected chi connectivity index (χ4v) is 6.21. The van der Waals surface area contributed by atoms with Gasteiger partial charge < -0.3 is 78.7 Å². The highest BCUT2D eigenvalue weighted by Crippen LogP contribution is 2.36. The first kappa shape index (κ1) is 41.5. The molecule has 16 nitrogen and oxygen atoms in total. The van der Waals surface area contributed by atoms with Crippen LogP contribution in [0.3, 0.4) is 0 Å². The molecule has 16 atom stereocenters. The standard InChI is InChI=1S/C32H58O16/c1-7-9-10-11-12-42-32(4,5)29-23(39)26(21(37)18(14-34)44-29)47-30-24(40)27(25(41-6)19(15-35)46-30)48-31-28(43-16(3)8-2)22(38)20(36)17(13-33)45-31/h7,16-31,33-40H,1,8-15H2,2-6H3/t16?,17?,18?,19?,20-,21-,22?,23?,24?,25-,26?,27?,28?,29+,30-,31-/m1/s1. The van der Waals surface area contributed by atoms with Gasteiger partial charge in [-0.25, -0.2) is 0 Å². The number of ether oxygens (including phenoxy) is 8. The Morgan fingerprint density at radius 2 is 1.33 bits per heavy atom. The minimum absolute atomic E-state index is 0.346. The molecule has 16 heteroatoms. The van der Waals surface area contributed by atoms with Crippen LogP contribution in [0.2, 0.25) is 0 Å². The highest BCUT2D eigenvalue weighted by molar-refractivity contribution is 5.01. The van der Waals surface area contributed by atoms with Crippen molar-refractivity contribution in [3.8, 4) is 0 Å². The molecule has 0 aromatic heterocycles. The van der Waals surface area contributed by atoms with Crippen LogP contribution in [0.1, 0.15) is 53.4 Å². The Hall–Kier alpha value is -0.900. The summed E-state index contributed by atoms with van der Waals surface area (Å²) < 4.78 is 47.2. The van der Waals surface area contributed by atoms with E-state index in [0.717, 1.165) is 19.3 Å². The lowest BCUT2D eigenvalue weighted by Gasteiger charge is -2.51. The van der Waals surface area contributed by atoms with Gasteiger partial charge in [0.1, 0.15) is 79.4 Å². The largest absolute Gasteiger partial charge is 0.394 e. The SMILES string of the molecule is C=CCCCCOC(C)(C)[C@H]1OC(CO)[C@@H](O)C(O[C@H]2OC(CO)[C@@H](OC)C(O[C@H]3OC(CO)[C@@H](O)C(O)C3OC(C)CC)C2O)C1O. The highest BCUT2D eigenvalue weighted by atomic mass is 16.8. The monoisotopic (exact) mass is 698 g/mol. The Morgan fingerprint density at radius 3 is 1.92 bits per heavy atom. The van der Waals surface area contributed by atoms with Crippen LogP contribution in [-0.4, -0.2) is 178 Å². The quantitative estimate of drug-likeness (QED) is 0.0577. The molecule has 8 N–H and O–H groups in total. The summed E-state index contributed by atoms with van der Waals surface area (Å²) in [4.78, 5) is 0. The van der Waals surface area contributed by atoms with Gasteiger partial charge in [-0.2, -0.15) is 0 Å². The second kappa shape index (κ2) is 19.1. The molecule has 0 aliphatic carbocycles. The van der Waals surface area contributed by atoms with Crippen molar-refractivity contribution in [3.05, 3.63) is 12.7 Å². The van der Waals surface area contributed by atoms with E-state index >= 15 is 0 Å². The molecule has 0 aromatic carbocycles. The van der Waals surface area contributed by atoms with Crippen LogP contribution in [0, 0.1) is 0 Å². The van der Waals surface area contributed by atoms with Crippen LogP contribution in [0.15, 0.2) is 12.7 Å². The van der Waals surface area contributed by atoms with Crippen molar-refractivity contribution in [2.24, 2.45) is 0 Å². The Bertz CT molecular complexity index is 942. The van der Waals surface area contributed by atoms with Crippen molar-refractivity contribution >= 4 is 0 Å². The molecular weight excluding hydrogens is 640 g/mol. The highest BCUT2D eigenvalue weighted by Gasteiger charge is 2.56.